The van der Waals surface area contributed by atoms with E-state index in [-0.39, 0.29) is 5.56 Å². The lowest BCUT2D eigenvalue weighted by Gasteiger charge is -2.12. The summed E-state index contributed by atoms with van der Waals surface area (Å²) in [7, 11) is 0. The van der Waals surface area contributed by atoms with Crippen LogP contribution >= 0.6 is 0 Å². The van der Waals surface area contributed by atoms with E-state index in [4.69, 9.17) is 4.42 Å². The van der Waals surface area contributed by atoms with Gasteiger partial charge in [-0.25, -0.2) is 9.97 Å². The molecule has 4 aliphatic rings. The zero-order valence-electron chi connectivity index (χ0n) is 16.3. The fraction of sp³-hybridized carbons (Fsp3) is 0.0909. The molecular formula is C22H16N6O3. The first kappa shape index (κ1) is 18.6. The lowest BCUT2D eigenvalue weighted by Crippen LogP contribution is -2.22. The quantitative estimate of drug-likeness (QED) is 0.435. The molecule has 0 N–H and O–H groups in total. The van der Waals surface area contributed by atoms with Crippen LogP contribution in [-0.4, -0.2) is 29.1 Å². The van der Waals surface area contributed by atoms with Crippen LogP contribution in [0, 0.1) is 10.4 Å². The second kappa shape index (κ2) is 7.79. The van der Waals surface area contributed by atoms with Crippen molar-refractivity contribution in [1.29, 1.82) is 0 Å². The number of benzene rings is 1. The SMILES string of the molecule is O=c1nc2ncnc3c2=c1cnc1cccc(c1)occccc(=O)n1ccn3CC1. The highest BCUT2D eigenvalue weighted by atomic mass is 16.3. The molecule has 152 valence electrons. The molecule has 4 bridgehead atoms. The Balaban J connectivity index is 1.97. The van der Waals surface area contributed by atoms with Gasteiger partial charge in [-0.3, -0.25) is 14.6 Å². The second-order valence-corrected chi connectivity index (χ2v) is 6.81. The summed E-state index contributed by atoms with van der Waals surface area (Å²) in [4.78, 5) is 41.9. The molecule has 0 saturated heterocycles. The van der Waals surface area contributed by atoms with Crippen molar-refractivity contribution >= 4 is 22.4 Å². The molecule has 2 aromatic rings. The lowest BCUT2D eigenvalue weighted by molar-refractivity contribution is 0.543. The van der Waals surface area contributed by atoms with Crippen LogP contribution < -0.4 is 11.1 Å². The van der Waals surface area contributed by atoms with Gasteiger partial charge >= 0.3 is 0 Å². The number of rotatable bonds is 0. The molecule has 9 nitrogen and oxygen atoms in total. The van der Waals surface area contributed by atoms with Crippen molar-refractivity contribution < 1.29 is 4.42 Å². The van der Waals surface area contributed by atoms with Gasteiger partial charge < -0.3 is 13.6 Å². The fourth-order valence-electron chi connectivity index (χ4n) is 3.35. The highest BCUT2D eigenvalue weighted by Crippen LogP contribution is 2.08. The summed E-state index contributed by atoms with van der Waals surface area (Å²) < 4.78 is 9.03. The van der Waals surface area contributed by atoms with Crippen LogP contribution in [0.3, 0.4) is 0 Å². The van der Waals surface area contributed by atoms with Gasteiger partial charge in [0.05, 0.1) is 22.2 Å². The summed E-state index contributed by atoms with van der Waals surface area (Å²) in [5.41, 5.74) is 1.46. The van der Waals surface area contributed by atoms with Crippen LogP contribution in [0.4, 0.5) is 0 Å². The molecule has 0 atom stereocenters. The summed E-state index contributed by atoms with van der Waals surface area (Å²) in [5, 5.41) is 0.838. The molecule has 0 spiro atoms. The first-order valence-corrected chi connectivity index (χ1v) is 9.57. The van der Waals surface area contributed by atoms with Gasteiger partial charge in [0, 0.05) is 43.8 Å². The van der Waals surface area contributed by atoms with Crippen molar-refractivity contribution in [3.8, 4) is 0 Å². The molecule has 5 heterocycles. The van der Waals surface area contributed by atoms with Gasteiger partial charge in [-0.05, 0) is 18.2 Å². The Labute approximate surface area is 174 Å². The second-order valence-electron chi connectivity index (χ2n) is 6.81. The molecule has 31 heavy (non-hydrogen) atoms. The number of fused-ring (bicyclic) bond motifs is 8. The fourth-order valence-corrected chi connectivity index (χ4v) is 3.35. The van der Waals surface area contributed by atoms with E-state index < -0.39 is 5.56 Å². The average Bonchev–Trinajstić information content (AvgIpc) is 3.12. The Morgan fingerprint density at radius 1 is 0.903 bits per heavy atom. The molecule has 0 unspecified atom stereocenters. The smallest absolute Gasteiger partial charge is 0.281 e. The van der Waals surface area contributed by atoms with E-state index in [0.29, 0.717) is 45.9 Å². The zero-order valence-corrected chi connectivity index (χ0v) is 16.3. The summed E-state index contributed by atoms with van der Waals surface area (Å²) in [6.45, 7) is 0.955. The van der Waals surface area contributed by atoms with Gasteiger partial charge in [-0.2, -0.15) is 4.98 Å². The normalized spacial score (nSPS) is 11.9. The monoisotopic (exact) mass is 412 g/mol. The van der Waals surface area contributed by atoms with E-state index >= 15 is 0 Å². The Kier molecular flexibility index (Phi) is 4.68. The minimum absolute atomic E-state index is 0.152. The minimum Gasteiger partial charge on any atom is -0.465 e. The van der Waals surface area contributed by atoms with Crippen molar-refractivity contribution in [3.63, 3.8) is 0 Å². The Morgan fingerprint density at radius 3 is 2.65 bits per heavy atom. The van der Waals surface area contributed by atoms with E-state index in [9.17, 15) is 9.59 Å². The number of nitrogens with zero attached hydrogens (tertiary/aromatic N) is 6. The molecule has 0 amide bonds. The predicted molar refractivity (Wildman–Crippen MR) is 113 cm³/mol. The molecule has 9 heteroatoms. The molecule has 4 aliphatic heterocycles. The molecule has 6 rings (SSSR count). The predicted octanol–water partition coefficient (Wildman–Crippen LogP) is 2.04. The molecule has 0 fully saturated rings. The summed E-state index contributed by atoms with van der Waals surface area (Å²) >= 11 is 0. The van der Waals surface area contributed by atoms with Crippen LogP contribution in [0.5, 0.6) is 0 Å². The maximum Gasteiger partial charge on any atom is 0.281 e. The van der Waals surface area contributed by atoms with Crippen molar-refractivity contribution in [1.82, 2.24) is 29.1 Å². The third-order valence-electron chi connectivity index (χ3n) is 4.87. The largest absolute Gasteiger partial charge is 0.465 e. The molecule has 1 aromatic carbocycles. The highest BCUT2D eigenvalue weighted by Gasteiger charge is 2.09. The van der Waals surface area contributed by atoms with Gasteiger partial charge in [-0.1, -0.05) is 12.1 Å². The summed E-state index contributed by atoms with van der Waals surface area (Å²) in [6.07, 6.45) is 7.77. The van der Waals surface area contributed by atoms with Crippen molar-refractivity contribution in [3.05, 3.63) is 105 Å². The van der Waals surface area contributed by atoms with E-state index in [1.807, 2.05) is 4.57 Å². The number of aromatic nitrogens is 6. The molecule has 0 radical (unpaired) electrons. The van der Waals surface area contributed by atoms with E-state index in [1.54, 1.807) is 53.4 Å². The van der Waals surface area contributed by atoms with Crippen molar-refractivity contribution in [2.45, 2.75) is 13.1 Å². The molecule has 0 aliphatic carbocycles. The van der Waals surface area contributed by atoms with Gasteiger partial charge in [0.2, 0.25) is 0 Å². The Bertz CT molecular complexity index is 1650. The van der Waals surface area contributed by atoms with Crippen LogP contribution in [0.25, 0.3) is 22.4 Å². The number of aryl methyl sites for hydroxylation is 2. The van der Waals surface area contributed by atoms with Gasteiger partial charge in [0.15, 0.2) is 5.65 Å². The van der Waals surface area contributed by atoms with Crippen LogP contribution in [-0.2, 0) is 13.1 Å². The summed E-state index contributed by atoms with van der Waals surface area (Å²) in [5.74, 6) is 0. The first-order valence-electron chi connectivity index (χ1n) is 9.57. The third kappa shape index (κ3) is 3.64. The van der Waals surface area contributed by atoms with E-state index in [2.05, 4.69) is 19.9 Å². The van der Waals surface area contributed by atoms with Crippen LogP contribution in [0.15, 0.2) is 87.7 Å². The van der Waals surface area contributed by atoms with Crippen molar-refractivity contribution in [2.24, 2.45) is 0 Å². The minimum atomic E-state index is -0.423. The van der Waals surface area contributed by atoms with Crippen LogP contribution in [0.2, 0.25) is 0 Å². The Morgan fingerprint density at radius 2 is 1.77 bits per heavy atom. The van der Waals surface area contributed by atoms with Crippen LogP contribution in [0.1, 0.15) is 0 Å². The number of hydrogen-bond acceptors (Lipinski definition) is 7. The van der Waals surface area contributed by atoms with Gasteiger partial charge in [0.1, 0.15) is 17.6 Å². The standard InChI is InChI=1S/C22H16N6O3/c29-18-6-1-2-11-31-16-5-3-4-15(12-16)23-13-17-19-20(26-22(17)30)24-14-25-21(19)28-9-7-27(18)8-10-28/h1-7,9,11-14H,8,10H2. The lowest BCUT2D eigenvalue weighted by atomic mass is 10.3. The Hall–Kier alpha value is -4.40. The zero-order chi connectivity index (χ0) is 21.2. The maximum atomic E-state index is 12.6. The van der Waals surface area contributed by atoms with Crippen molar-refractivity contribution in [2.75, 3.05) is 0 Å². The maximum absolute atomic E-state index is 12.6. The first-order chi connectivity index (χ1) is 15.2. The van der Waals surface area contributed by atoms with E-state index in [0.717, 1.165) is 0 Å². The summed E-state index contributed by atoms with van der Waals surface area (Å²) in [6, 6.07) is 11.8. The van der Waals surface area contributed by atoms with E-state index in [1.165, 1.54) is 24.9 Å². The number of hydrogen-bond donors (Lipinski definition) is 0. The third-order valence-corrected chi connectivity index (χ3v) is 4.87. The van der Waals surface area contributed by atoms with Gasteiger partial charge in [0.25, 0.3) is 11.1 Å². The molecule has 1 aromatic heterocycles. The molecule has 0 saturated carbocycles. The molecular weight excluding hydrogens is 396 g/mol. The van der Waals surface area contributed by atoms with Gasteiger partial charge in [-0.15, -0.1) is 0 Å². The topological polar surface area (TPSA) is 109 Å². The highest BCUT2D eigenvalue weighted by molar-refractivity contribution is 5.57. The average molecular weight is 412 g/mol.